The first kappa shape index (κ1) is 10.4. The van der Waals surface area contributed by atoms with Gasteiger partial charge in [-0.3, -0.25) is 0 Å². The van der Waals surface area contributed by atoms with Crippen molar-refractivity contribution < 1.29 is 0 Å². The number of nitrogens with zero attached hydrogens (tertiary/aromatic N) is 1. The second-order valence-corrected chi connectivity index (χ2v) is 2.52. The van der Waals surface area contributed by atoms with Crippen LogP contribution >= 0.6 is 0 Å². The second-order valence-electron chi connectivity index (χ2n) is 2.52. The summed E-state index contributed by atoms with van der Waals surface area (Å²) >= 11 is 0. The summed E-state index contributed by atoms with van der Waals surface area (Å²) in [6, 6.07) is 2.06. The molecule has 0 heterocycles. The fourth-order valence-corrected chi connectivity index (χ4v) is 0.657. The van der Waals surface area contributed by atoms with E-state index in [-0.39, 0.29) is 5.92 Å². The number of nitriles is 1. The summed E-state index contributed by atoms with van der Waals surface area (Å²) in [7, 11) is 0. The van der Waals surface area contributed by atoms with Crippen molar-refractivity contribution in [3.8, 4) is 6.07 Å². The topological polar surface area (TPSA) is 23.8 Å². The first-order chi connectivity index (χ1) is 5.65. The van der Waals surface area contributed by atoms with Gasteiger partial charge in [0.05, 0.1) is 11.6 Å². The van der Waals surface area contributed by atoms with E-state index < -0.39 is 0 Å². The molecule has 1 atom stereocenters. The fraction of sp³-hybridized carbons (Fsp3) is 0.182. The van der Waals surface area contributed by atoms with Crippen LogP contribution in [0.4, 0.5) is 0 Å². The first-order valence-corrected chi connectivity index (χ1v) is 3.72. The van der Waals surface area contributed by atoms with Crippen LogP contribution in [0.3, 0.4) is 0 Å². The summed E-state index contributed by atoms with van der Waals surface area (Å²) in [6.07, 6.45) is 5.16. The van der Waals surface area contributed by atoms with E-state index in [1.807, 2.05) is 13.0 Å². The Balaban J connectivity index is 4.68. The maximum Gasteiger partial charge on any atom is 0.0994 e. The van der Waals surface area contributed by atoms with Crippen LogP contribution in [0.1, 0.15) is 6.92 Å². The van der Waals surface area contributed by atoms with E-state index in [4.69, 9.17) is 5.26 Å². The predicted octanol–water partition coefficient (Wildman–Crippen LogP) is 3.00. The van der Waals surface area contributed by atoms with Gasteiger partial charge in [0, 0.05) is 0 Å². The molecule has 0 spiro atoms. The van der Waals surface area contributed by atoms with Crippen molar-refractivity contribution in [2.45, 2.75) is 6.92 Å². The molecule has 0 radical (unpaired) electrons. The van der Waals surface area contributed by atoms with Crippen molar-refractivity contribution in [1.82, 2.24) is 0 Å². The molecule has 0 aliphatic carbocycles. The molecule has 0 amide bonds. The summed E-state index contributed by atoms with van der Waals surface area (Å²) in [5.74, 6) is 0.191. The van der Waals surface area contributed by atoms with Crippen LogP contribution in [-0.2, 0) is 0 Å². The minimum atomic E-state index is 0.191. The highest BCUT2D eigenvalue weighted by molar-refractivity contribution is 5.46. The van der Waals surface area contributed by atoms with E-state index in [1.165, 1.54) is 0 Å². The normalized spacial score (nSPS) is 12.8. The van der Waals surface area contributed by atoms with Gasteiger partial charge in [-0.2, -0.15) is 5.26 Å². The zero-order chi connectivity index (χ0) is 9.56. The highest BCUT2D eigenvalue weighted by Crippen LogP contribution is 2.11. The van der Waals surface area contributed by atoms with E-state index in [2.05, 4.69) is 25.8 Å². The standard InChI is InChI=1S/C11H13N/c1-5-9(3)7-11(8-12)10(4)6-2/h5-7,9H,1-2,4H2,3H3/b11-7-. The van der Waals surface area contributed by atoms with E-state index >= 15 is 0 Å². The van der Waals surface area contributed by atoms with Crippen molar-refractivity contribution in [3.63, 3.8) is 0 Å². The van der Waals surface area contributed by atoms with Crippen LogP contribution in [0.2, 0.25) is 0 Å². The highest BCUT2D eigenvalue weighted by Gasteiger charge is 1.98. The molecule has 0 saturated heterocycles. The van der Waals surface area contributed by atoms with Gasteiger partial charge in [0.15, 0.2) is 0 Å². The molecule has 62 valence electrons. The Morgan fingerprint density at radius 2 is 2.08 bits per heavy atom. The number of hydrogen-bond donors (Lipinski definition) is 0. The SMILES string of the molecule is C=CC(=C)/C(C#N)=C\C(C)C=C. The average Bonchev–Trinajstić information content (AvgIpc) is 2.12. The highest BCUT2D eigenvalue weighted by atomic mass is 14.2. The molecule has 1 unspecified atom stereocenters. The van der Waals surface area contributed by atoms with Crippen molar-refractivity contribution in [2.24, 2.45) is 5.92 Å². The molecule has 1 heteroatoms. The van der Waals surface area contributed by atoms with Crippen LogP contribution < -0.4 is 0 Å². The third-order valence-corrected chi connectivity index (χ3v) is 1.51. The zero-order valence-electron chi connectivity index (χ0n) is 7.38. The Bertz CT molecular complexity index is 263. The van der Waals surface area contributed by atoms with Gasteiger partial charge in [0.2, 0.25) is 0 Å². The van der Waals surface area contributed by atoms with E-state index in [0.29, 0.717) is 11.1 Å². The summed E-state index contributed by atoms with van der Waals surface area (Å²) in [6.45, 7) is 12.8. The van der Waals surface area contributed by atoms with Gasteiger partial charge in [-0.05, 0) is 11.5 Å². The lowest BCUT2D eigenvalue weighted by Gasteiger charge is -2.00. The molecule has 0 aromatic heterocycles. The summed E-state index contributed by atoms with van der Waals surface area (Å²) in [4.78, 5) is 0. The zero-order valence-corrected chi connectivity index (χ0v) is 7.38. The third kappa shape index (κ3) is 3.03. The minimum absolute atomic E-state index is 0.191. The third-order valence-electron chi connectivity index (χ3n) is 1.51. The minimum Gasteiger partial charge on any atom is -0.192 e. The predicted molar refractivity (Wildman–Crippen MR) is 52.4 cm³/mol. The van der Waals surface area contributed by atoms with E-state index in [1.54, 1.807) is 12.2 Å². The van der Waals surface area contributed by atoms with Gasteiger partial charge in [-0.25, -0.2) is 0 Å². The maximum absolute atomic E-state index is 8.71. The first-order valence-electron chi connectivity index (χ1n) is 3.72. The van der Waals surface area contributed by atoms with Crippen molar-refractivity contribution >= 4 is 0 Å². The lowest BCUT2D eigenvalue weighted by molar-refractivity contribution is 0.937. The molecule has 0 N–H and O–H groups in total. The van der Waals surface area contributed by atoms with Gasteiger partial charge in [-0.1, -0.05) is 38.3 Å². The van der Waals surface area contributed by atoms with Gasteiger partial charge < -0.3 is 0 Å². The average molecular weight is 159 g/mol. The van der Waals surface area contributed by atoms with Crippen LogP contribution in [0.15, 0.2) is 49.1 Å². The molecule has 0 fully saturated rings. The Hall–Kier alpha value is -1.55. The van der Waals surface area contributed by atoms with Crippen molar-refractivity contribution in [3.05, 3.63) is 49.1 Å². The number of allylic oxidation sites excluding steroid dienone is 5. The Labute approximate surface area is 74.0 Å². The van der Waals surface area contributed by atoms with Crippen LogP contribution in [0.25, 0.3) is 0 Å². The number of hydrogen-bond acceptors (Lipinski definition) is 1. The van der Waals surface area contributed by atoms with Gasteiger partial charge >= 0.3 is 0 Å². The maximum atomic E-state index is 8.71. The Morgan fingerprint density at radius 1 is 1.50 bits per heavy atom. The van der Waals surface area contributed by atoms with Gasteiger partial charge in [0.25, 0.3) is 0 Å². The lowest BCUT2D eigenvalue weighted by atomic mass is 10.0. The molecular formula is C11H13N. The van der Waals surface area contributed by atoms with Crippen LogP contribution in [0, 0.1) is 17.2 Å². The summed E-state index contributed by atoms with van der Waals surface area (Å²) < 4.78 is 0. The lowest BCUT2D eigenvalue weighted by Crippen LogP contribution is -1.87. The molecule has 0 bridgehead atoms. The number of rotatable bonds is 4. The van der Waals surface area contributed by atoms with Crippen LogP contribution in [0.5, 0.6) is 0 Å². The molecule has 12 heavy (non-hydrogen) atoms. The van der Waals surface area contributed by atoms with Gasteiger partial charge in [0.1, 0.15) is 0 Å². The molecule has 0 aliphatic rings. The molecule has 0 aromatic rings. The second kappa shape index (κ2) is 5.15. The quantitative estimate of drug-likeness (QED) is 0.351. The molecule has 0 aromatic carbocycles. The molecule has 0 rings (SSSR count). The molecular weight excluding hydrogens is 146 g/mol. The van der Waals surface area contributed by atoms with Crippen molar-refractivity contribution in [2.75, 3.05) is 0 Å². The Morgan fingerprint density at radius 3 is 2.42 bits per heavy atom. The smallest absolute Gasteiger partial charge is 0.0994 e. The van der Waals surface area contributed by atoms with E-state index in [0.717, 1.165) is 0 Å². The van der Waals surface area contributed by atoms with Crippen molar-refractivity contribution in [1.29, 1.82) is 5.26 Å². The molecule has 0 aliphatic heterocycles. The fourth-order valence-electron chi connectivity index (χ4n) is 0.657. The largest absolute Gasteiger partial charge is 0.192 e. The summed E-state index contributed by atoms with van der Waals surface area (Å²) in [5.41, 5.74) is 1.23. The molecule has 0 saturated carbocycles. The Kier molecular flexibility index (Phi) is 4.48. The van der Waals surface area contributed by atoms with Gasteiger partial charge in [-0.15, -0.1) is 6.58 Å². The molecule has 1 nitrogen and oxygen atoms in total. The van der Waals surface area contributed by atoms with Crippen LogP contribution in [-0.4, -0.2) is 0 Å². The van der Waals surface area contributed by atoms with E-state index in [9.17, 15) is 0 Å². The monoisotopic (exact) mass is 159 g/mol. The summed E-state index contributed by atoms with van der Waals surface area (Å²) in [5, 5.41) is 8.71.